The Bertz CT molecular complexity index is 249. The van der Waals surface area contributed by atoms with Crippen molar-refractivity contribution in [2.45, 2.75) is 6.42 Å². The predicted molar refractivity (Wildman–Crippen MR) is 47.6 cm³/mol. The van der Waals surface area contributed by atoms with Crippen LogP contribution in [-0.4, -0.2) is 0 Å². The van der Waals surface area contributed by atoms with E-state index in [2.05, 4.69) is 12.7 Å². The molecular formula is C11H10Y-2. The summed E-state index contributed by atoms with van der Waals surface area (Å²) in [5.41, 5.74) is 1.88. The van der Waals surface area contributed by atoms with E-state index in [1.54, 1.807) is 0 Å². The van der Waals surface area contributed by atoms with Gasteiger partial charge in [0.15, 0.2) is 0 Å². The third-order valence-corrected chi connectivity index (χ3v) is 1.46. The molecule has 0 aromatic heterocycles. The molecule has 0 saturated heterocycles. The van der Waals surface area contributed by atoms with Crippen molar-refractivity contribution in [3.05, 3.63) is 55.1 Å². The fourth-order valence-electron chi connectivity index (χ4n) is 0.889. The first-order chi connectivity index (χ1) is 5.34. The van der Waals surface area contributed by atoms with Gasteiger partial charge >= 0.3 is 0 Å². The van der Waals surface area contributed by atoms with Crippen molar-refractivity contribution in [2.75, 3.05) is 0 Å². The van der Waals surface area contributed by atoms with Crippen LogP contribution >= 0.6 is 0 Å². The van der Waals surface area contributed by atoms with Crippen LogP contribution in [0.3, 0.4) is 0 Å². The number of benzene rings is 1. The van der Waals surface area contributed by atoms with Crippen LogP contribution in [0.25, 0.3) is 5.57 Å². The second kappa shape index (κ2) is 6.33. The van der Waals surface area contributed by atoms with E-state index in [1.165, 1.54) is 0 Å². The summed E-state index contributed by atoms with van der Waals surface area (Å²) in [6, 6.07) is 9.85. The molecule has 0 bridgehead atoms. The Morgan fingerprint density at radius 2 is 1.92 bits per heavy atom. The van der Waals surface area contributed by atoms with Gasteiger partial charge in [-0.3, -0.25) is 13.2 Å². The Morgan fingerprint density at radius 3 is 2.42 bits per heavy atom. The van der Waals surface area contributed by atoms with Crippen LogP contribution in [-0.2, 0) is 32.7 Å². The topological polar surface area (TPSA) is 0 Å². The molecule has 0 nitrogen and oxygen atoms in total. The largest absolute Gasteiger partial charge is 0.503 e. The van der Waals surface area contributed by atoms with Crippen molar-refractivity contribution < 1.29 is 32.7 Å². The molecule has 1 radical (unpaired) electrons. The van der Waals surface area contributed by atoms with Gasteiger partial charge in [0, 0.05) is 32.7 Å². The summed E-state index contributed by atoms with van der Waals surface area (Å²) in [4.78, 5) is 0. The molecule has 0 amide bonds. The number of hydrogen-bond acceptors (Lipinski definition) is 0. The molecule has 1 aromatic rings. The fourth-order valence-corrected chi connectivity index (χ4v) is 0.889. The van der Waals surface area contributed by atoms with Gasteiger partial charge in [0.2, 0.25) is 0 Å². The van der Waals surface area contributed by atoms with E-state index >= 15 is 0 Å². The van der Waals surface area contributed by atoms with Crippen LogP contribution in [0.1, 0.15) is 12.0 Å². The summed E-state index contributed by atoms with van der Waals surface area (Å²) < 4.78 is 0. The average molecular weight is 231 g/mol. The van der Waals surface area contributed by atoms with Crippen LogP contribution in [0.2, 0.25) is 0 Å². The molecule has 59 valence electrons. The molecule has 0 unspecified atom stereocenters. The van der Waals surface area contributed by atoms with E-state index in [-0.39, 0.29) is 32.7 Å². The van der Waals surface area contributed by atoms with E-state index in [0.717, 1.165) is 11.1 Å². The summed E-state index contributed by atoms with van der Waals surface area (Å²) in [5.74, 6) is 0. The first kappa shape index (κ1) is 11.8. The van der Waals surface area contributed by atoms with E-state index in [0.29, 0.717) is 6.42 Å². The quantitative estimate of drug-likeness (QED) is 0.701. The Labute approximate surface area is 99.3 Å². The molecule has 1 rings (SSSR count). The van der Waals surface area contributed by atoms with E-state index in [1.807, 2.05) is 30.3 Å². The minimum absolute atomic E-state index is 0. The maximum Gasteiger partial charge on any atom is 0 e. The van der Waals surface area contributed by atoms with Gasteiger partial charge in [0.1, 0.15) is 0 Å². The van der Waals surface area contributed by atoms with Crippen molar-refractivity contribution in [1.29, 1.82) is 0 Å². The molecule has 0 aliphatic heterocycles. The molecule has 12 heavy (non-hydrogen) atoms. The molecule has 0 aliphatic carbocycles. The molecule has 0 N–H and O–H groups in total. The third-order valence-electron chi connectivity index (χ3n) is 1.46. The second-order valence-corrected chi connectivity index (χ2v) is 2.32. The summed E-state index contributed by atoms with van der Waals surface area (Å²) in [7, 11) is 0. The summed E-state index contributed by atoms with van der Waals surface area (Å²) >= 11 is 0. The van der Waals surface area contributed by atoms with Crippen LogP contribution in [0.15, 0.2) is 36.9 Å². The van der Waals surface area contributed by atoms with Crippen molar-refractivity contribution in [1.82, 2.24) is 0 Å². The normalized spacial score (nSPS) is 8.33. The Morgan fingerprint density at radius 1 is 1.33 bits per heavy atom. The Kier molecular flexibility index (Phi) is 6.23. The standard InChI is InChI=1S/C11H10.Y/c1-3-7-10(2)11-8-5-4-6-9-11;/h2,4-6,8-9H,1,7H2;/q-2;. The number of hydrogen-bond donors (Lipinski definition) is 0. The smallest absolute Gasteiger partial charge is 0 e. The van der Waals surface area contributed by atoms with Gasteiger partial charge in [-0.2, -0.15) is 12.0 Å². The van der Waals surface area contributed by atoms with Gasteiger partial charge < -0.3 is 6.08 Å². The van der Waals surface area contributed by atoms with Gasteiger partial charge in [-0.1, -0.05) is 18.2 Å². The first-order valence-corrected chi connectivity index (χ1v) is 3.51. The summed E-state index contributed by atoms with van der Waals surface area (Å²) in [6.45, 7) is 9.22. The van der Waals surface area contributed by atoms with Crippen LogP contribution < -0.4 is 0 Å². The SMILES string of the molecule is [CH-]=C(C[C-]=C)c1ccccc1.[Y]. The van der Waals surface area contributed by atoms with Crippen molar-refractivity contribution in [3.8, 4) is 0 Å². The molecule has 0 saturated carbocycles. The summed E-state index contributed by atoms with van der Waals surface area (Å²) in [5, 5.41) is 0. The predicted octanol–water partition coefficient (Wildman–Crippen LogP) is 2.88. The zero-order valence-corrected chi connectivity index (χ0v) is 9.79. The minimum atomic E-state index is 0. The van der Waals surface area contributed by atoms with Gasteiger partial charge in [0.25, 0.3) is 0 Å². The van der Waals surface area contributed by atoms with Gasteiger partial charge in [-0.05, 0) is 0 Å². The van der Waals surface area contributed by atoms with Gasteiger partial charge in [-0.25, -0.2) is 5.57 Å². The molecule has 0 heterocycles. The molecule has 0 atom stereocenters. The average Bonchev–Trinajstić information content (AvgIpc) is 2.07. The molecule has 1 heteroatoms. The maximum absolute atomic E-state index is 5.72. The number of allylic oxidation sites excluding steroid dienone is 2. The summed E-state index contributed by atoms with van der Waals surface area (Å²) in [6.07, 6.45) is 3.38. The van der Waals surface area contributed by atoms with E-state index < -0.39 is 0 Å². The Hall–Kier alpha value is -0.196. The zero-order chi connectivity index (χ0) is 8.10. The van der Waals surface area contributed by atoms with Gasteiger partial charge in [0.05, 0.1) is 0 Å². The van der Waals surface area contributed by atoms with Crippen molar-refractivity contribution >= 4 is 5.57 Å². The number of rotatable bonds is 3. The maximum atomic E-state index is 5.72. The molecule has 0 aliphatic rings. The van der Waals surface area contributed by atoms with Crippen molar-refractivity contribution in [3.63, 3.8) is 0 Å². The minimum Gasteiger partial charge on any atom is -0.503 e. The van der Waals surface area contributed by atoms with Crippen molar-refractivity contribution in [2.24, 2.45) is 0 Å². The third kappa shape index (κ3) is 3.47. The second-order valence-electron chi connectivity index (χ2n) is 2.32. The zero-order valence-electron chi connectivity index (χ0n) is 6.96. The molecular weight excluding hydrogens is 221 g/mol. The van der Waals surface area contributed by atoms with E-state index in [9.17, 15) is 0 Å². The van der Waals surface area contributed by atoms with Crippen LogP contribution in [0.4, 0.5) is 0 Å². The van der Waals surface area contributed by atoms with Gasteiger partial charge in [-0.15, -0.1) is 12.1 Å². The first-order valence-electron chi connectivity index (χ1n) is 3.51. The fraction of sp³-hybridized carbons (Fsp3) is 0.0909. The molecule has 1 aromatic carbocycles. The van der Waals surface area contributed by atoms with Crippen LogP contribution in [0.5, 0.6) is 0 Å². The monoisotopic (exact) mass is 231 g/mol. The molecule has 0 spiro atoms. The van der Waals surface area contributed by atoms with E-state index in [4.69, 9.17) is 6.58 Å². The Balaban J connectivity index is 0.00000121. The van der Waals surface area contributed by atoms with Crippen LogP contribution in [0, 0.1) is 12.7 Å². The molecule has 0 fully saturated rings.